The Labute approximate surface area is 102 Å². The smallest absolute Gasteiger partial charge is 0.313 e. The van der Waals surface area contributed by atoms with E-state index in [0.29, 0.717) is 6.61 Å². The highest BCUT2D eigenvalue weighted by atomic mass is 16.5. The molecule has 0 saturated heterocycles. The van der Waals surface area contributed by atoms with E-state index in [1.165, 1.54) is 11.1 Å². The van der Waals surface area contributed by atoms with Crippen LogP contribution in [0.4, 0.5) is 0 Å². The molecule has 2 rings (SSSR count). The Morgan fingerprint density at radius 2 is 2.18 bits per heavy atom. The lowest BCUT2D eigenvalue weighted by atomic mass is 10.0. The topological polar surface area (TPSA) is 26.3 Å². The molecule has 2 nitrogen and oxygen atoms in total. The molecule has 1 aromatic carbocycles. The van der Waals surface area contributed by atoms with Crippen LogP contribution in [-0.4, -0.2) is 12.6 Å². The Bertz CT molecular complexity index is 406. The van der Waals surface area contributed by atoms with Gasteiger partial charge in [0.25, 0.3) is 0 Å². The molecular formula is C15H18O2. The van der Waals surface area contributed by atoms with Gasteiger partial charge in [-0.1, -0.05) is 42.0 Å². The van der Waals surface area contributed by atoms with Crippen molar-refractivity contribution in [2.75, 3.05) is 6.61 Å². The SMILES string of the molecule is CCOC(=O)[C@@H]1CCCC1=Cc1ccccc1. The van der Waals surface area contributed by atoms with Crippen molar-refractivity contribution >= 4 is 12.0 Å². The summed E-state index contributed by atoms with van der Waals surface area (Å²) in [6, 6.07) is 10.2. The number of esters is 1. The average Bonchev–Trinajstić information content (AvgIpc) is 2.79. The molecule has 0 aromatic heterocycles. The highest BCUT2D eigenvalue weighted by molar-refractivity contribution is 5.78. The molecule has 0 aliphatic heterocycles. The Kier molecular flexibility index (Phi) is 3.97. The van der Waals surface area contributed by atoms with Crippen LogP contribution >= 0.6 is 0 Å². The maximum absolute atomic E-state index is 11.8. The summed E-state index contributed by atoms with van der Waals surface area (Å²) in [5.74, 6) is -0.0812. The third-order valence-corrected chi connectivity index (χ3v) is 3.13. The van der Waals surface area contributed by atoms with Crippen LogP contribution in [-0.2, 0) is 9.53 Å². The standard InChI is InChI=1S/C15H18O2/c1-2-17-15(16)14-10-6-9-13(14)11-12-7-4-3-5-8-12/h3-5,7-8,11,14H,2,6,9-10H2,1H3/t14-/m1/s1. The summed E-state index contributed by atoms with van der Waals surface area (Å²) in [7, 11) is 0. The second-order valence-electron chi connectivity index (χ2n) is 4.33. The summed E-state index contributed by atoms with van der Waals surface area (Å²) >= 11 is 0. The molecule has 0 bridgehead atoms. The zero-order chi connectivity index (χ0) is 12.1. The van der Waals surface area contributed by atoms with Crippen LogP contribution in [0.15, 0.2) is 35.9 Å². The van der Waals surface area contributed by atoms with Crippen LogP contribution < -0.4 is 0 Å². The van der Waals surface area contributed by atoms with Crippen LogP contribution in [0.25, 0.3) is 6.08 Å². The molecule has 0 amide bonds. The van der Waals surface area contributed by atoms with Gasteiger partial charge in [0.15, 0.2) is 0 Å². The quantitative estimate of drug-likeness (QED) is 0.743. The molecule has 17 heavy (non-hydrogen) atoms. The maximum Gasteiger partial charge on any atom is 0.313 e. The van der Waals surface area contributed by atoms with Crippen LogP contribution in [0.3, 0.4) is 0 Å². The summed E-state index contributed by atoms with van der Waals surface area (Å²) in [6.07, 6.45) is 5.16. The predicted molar refractivity (Wildman–Crippen MR) is 68.4 cm³/mol. The van der Waals surface area contributed by atoms with Crippen LogP contribution in [0, 0.1) is 5.92 Å². The van der Waals surface area contributed by atoms with Gasteiger partial charge in [-0.05, 0) is 31.7 Å². The molecule has 1 saturated carbocycles. The Balaban J connectivity index is 2.14. The van der Waals surface area contributed by atoms with Crippen molar-refractivity contribution in [3.05, 3.63) is 41.5 Å². The molecule has 1 fully saturated rings. The summed E-state index contributed by atoms with van der Waals surface area (Å²) in [5.41, 5.74) is 2.38. The van der Waals surface area contributed by atoms with Crippen LogP contribution in [0.1, 0.15) is 31.7 Å². The van der Waals surface area contributed by atoms with E-state index in [2.05, 4.69) is 18.2 Å². The first-order chi connectivity index (χ1) is 8.31. The molecule has 1 atom stereocenters. The molecule has 0 N–H and O–H groups in total. The van der Waals surface area contributed by atoms with E-state index in [1.54, 1.807) is 0 Å². The van der Waals surface area contributed by atoms with Crippen LogP contribution in [0.5, 0.6) is 0 Å². The Hall–Kier alpha value is -1.57. The van der Waals surface area contributed by atoms with Gasteiger partial charge in [0.05, 0.1) is 12.5 Å². The number of benzene rings is 1. The minimum absolute atomic E-state index is 0.0184. The number of carbonyl (C=O) groups is 1. The normalized spacial score (nSPS) is 21.7. The largest absolute Gasteiger partial charge is 0.466 e. The van der Waals surface area contributed by atoms with Gasteiger partial charge in [-0.2, -0.15) is 0 Å². The van der Waals surface area contributed by atoms with E-state index in [9.17, 15) is 4.79 Å². The number of carbonyl (C=O) groups excluding carboxylic acids is 1. The summed E-state index contributed by atoms with van der Waals surface area (Å²) in [4.78, 5) is 11.8. The number of hydrogen-bond acceptors (Lipinski definition) is 2. The molecular weight excluding hydrogens is 212 g/mol. The number of rotatable bonds is 3. The Morgan fingerprint density at radius 1 is 1.41 bits per heavy atom. The van der Waals surface area contributed by atoms with Crippen molar-refractivity contribution in [1.29, 1.82) is 0 Å². The van der Waals surface area contributed by atoms with Crippen molar-refractivity contribution in [2.45, 2.75) is 26.2 Å². The number of hydrogen-bond donors (Lipinski definition) is 0. The van der Waals surface area contributed by atoms with Gasteiger partial charge in [-0.15, -0.1) is 0 Å². The Morgan fingerprint density at radius 3 is 2.88 bits per heavy atom. The molecule has 0 radical (unpaired) electrons. The van der Waals surface area contributed by atoms with Gasteiger partial charge < -0.3 is 4.74 Å². The lowest BCUT2D eigenvalue weighted by molar-refractivity contribution is -0.146. The minimum Gasteiger partial charge on any atom is -0.466 e. The first-order valence-electron chi connectivity index (χ1n) is 6.23. The van der Waals surface area contributed by atoms with Crippen molar-refractivity contribution in [2.24, 2.45) is 5.92 Å². The summed E-state index contributed by atoms with van der Waals surface area (Å²) < 4.78 is 5.11. The first-order valence-corrected chi connectivity index (χ1v) is 6.23. The average molecular weight is 230 g/mol. The monoisotopic (exact) mass is 230 g/mol. The maximum atomic E-state index is 11.8. The van der Waals surface area contributed by atoms with E-state index < -0.39 is 0 Å². The van der Waals surface area contributed by atoms with Crippen molar-refractivity contribution in [3.63, 3.8) is 0 Å². The lowest BCUT2D eigenvalue weighted by Gasteiger charge is -2.10. The van der Waals surface area contributed by atoms with Crippen molar-refractivity contribution < 1.29 is 9.53 Å². The van der Waals surface area contributed by atoms with Gasteiger partial charge in [0.1, 0.15) is 0 Å². The van der Waals surface area contributed by atoms with Gasteiger partial charge in [-0.3, -0.25) is 4.79 Å². The molecule has 0 heterocycles. The molecule has 1 aromatic rings. The van der Waals surface area contributed by atoms with Gasteiger partial charge >= 0.3 is 5.97 Å². The fourth-order valence-electron chi connectivity index (χ4n) is 2.32. The van der Waals surface area contributed by atoms with Gasteiger partial charge in [0, 0.05) is 0 Å². The molecule has 1 aliphatic carbocycles. The second-order valence-corrected chi connectivity index (χ2v) is 4.33. The highest BCUT2D eigenvalue weighted by Gasteiger charge is 2.28. The third kappa shape index (κ3) is 2.96. The predicted octanol–water partition coefficient (Wildman–Crippen LogP) is 3.43. The minimum atomic E-state index is -0.0628. The van der Waals surface area contributed by atoms with E-state index in [-0.39, 0.29) is 11.9 Å². The molecule has 2 heteroatoms. The zero-order valence-corrected chi connectivity index (χ0v) is 10.2. The zero-order valence-electron chi connectivity index (χ0n) is 10.2. The van der Waals surface area contributed by atoms with Gasteiger partial charge in [-0.25, -0.2) is 0 Å². The summed E-state index contributed by atoms with van der Waals surface area (Å²) in [5, 5.41) is 0. The van der Waals surface area contributed by atoms with Crippen molar-refractivity contribution in [3.8, 4) is 0 Å². The molecule has 1 aliphatic rings. The van der Waals surface area contributed by atoms with Gasteiger partial charge in [0.2, 0.25) is 0 Å². The third-order valence-electron chi connectivity index (χ3n) is 3.13. The van der Waals surface area contributed by atoms with E-state index >= 15 is 0 Å². The van der Waals surface area contributed by atoms with E-state index in [1.807, 2.05) is 25.1 Å². The fraction of sp³-hybridized carbons (Fsp3) is 0.400. The van der Waals surface area contributed by atoms with E-state index in [0.717, 1.165) is 19.3 Å². The fourth-order valence-corrected chi connectivity index (χ4v) is 2.32. The first kappa shape index (κ1) is 11.9. The molecule has 0 spiro atoms. The number of ether oxygens (including phenoxy) is 1. The lowest BCUT2D eigenvalue weighted by Crippen LogP contribution is -2.16. The second kappa shape index (κ2) is 5.67. The van der Waals surface area contributed by atoms with E-state index in [4.69, 9.17) is 4.74 Å². The highest BCUT2D eigenvalue weighted by Crippen LogP contribution is 2.33. The van der Waals surface area contributed by atoms with Crippen molar-refractivity contribution in [1.82, 2.24) is 0 Å². The summed E-state index contributed by atoms with van der Waals surface area (Å²) in [6.45, 7) is 2.32. The molecule has 0 unspecified atom stereocenters. The van der Waals surface area contributed by atoms with Crippen LogP contribution in [0.2, 0.25) is 0 Å². The molecule has 90 valence electrons.